The van der Waals surface area contributed by atoms with E-state index in [1.807, 2.05) is 71.3 Å². The van der Waals surface area contributed by atoms with Crippen LogP contribution in [0.25, 0.3) is 11.3 Å². The quantitative estimate of drug-likeness (QED) is 0.406. The number of oxazole rings is 1. The van der Waals surface area contributed by atoms with Crippen molar-refractivity contribution >= 4 is 18.0 Å². The number of carbonyl (C=O) groups excluding carboxylic acids is 1. The molecule has 3 aromatic rings. The van der Waals surface area contributed by atoms with E-state index >= 15 is 0 Å². The summed E-state index contributed by atoms with van der Waals surface area (Å²) in [6, 6.07) is 15.3. The number of hydrazone groups is 1. The highest BCUT2D eigenvalue weighted by Crippen LogP contribution is 2.24. The molecule has 0 saturated heterocycles. The average Bonchev–Trinajstić information content (AvgIpc) is 3.23. The molecule has 0 aliphatic heterocycles. The number of ether oxygens (including phenoxy) is 1. The zero-order chi connectivity index (χ0) is 22.4. The van der Waals surface area contributed by atoms with E-state index in [2.05, 4.69) is 15.0 Å². The molecule has 0 radical (unpaired) electrons. The molecular formula is C24H28N4O3. The number of hydrogen-bond donors (Lipinski definition) is 0. The molecule has 0 N–H and O–H groups in total. The molecule has 0 aliphatic rings. The molecule has 0 unspecified atom stereocenters. The van der Waals surface area contributed by atoms with E-state index in [0.29, 0.717) is 11.4 Å². The van der Waals surface area contributed by atoms with Crippen LogP contribution < -0.4 is 5.01 Å². The first kappa shape index (κ1) is 22.2. The fourth-order valence-electron chi connectivity index (χ4n) is 2.85. The van der Waals surface area contributed by atoms with Crippen molar-refractivity contribution < 1.29 is 13.9 Å². The number of nitrogens with zero attached hydrogens (tertiary/aromatic N) is 4. The minimum Gasteiger partial charge on any atom is -0.444 e. The van der Waals surface area contributed by atoms with Crippen molar-refractivity contribution in [3.05, 3.63) is 72.2 Å². The van der Waals surface area contributed by atoms with E-state index in [9.17, 15) is 4.79 Å². The van der Waals surface area contributed by atoms with Crippen molar-refractivity contribution in [2.24, 2.45) is 5.10 Å². The van der Waals surface area contributed by atoms with Gasteiger partial charge in [0.15, 0.2) is 12.2 Å². The summed E-state index contributed by atoms with van der Waals surface area (Å²) in [7, 11) is 4.06. The van der Waals surface area contributed by atoms with Gasteiger partial charge in [-0.1, -0.05) is 24.3 Å². The third kappa shape index (κ3) is 6.52. The largest absolute Gasteiger partial charge is 0.444 e. The maximum Gasteiger partial charge on any atom is 0.435 e. The molecule has 0 aliphatic carbocycles. The van der Waals surface area contributed by atoms with Crippen LogP contribution in [-0.2, 0) is 11.3 Å². The first-order chi connectivity index (χ1) is 14.7. The Morgan fingerprint density at radius 1 is 1.10 bits per heavy atom. The molecular weight excluding hydrogens is 392 g/mol. The smallest absolute Gasteiger partial charge is 0.435 e. The van der Waals surface area contributed by atoms with Crippen LogP contribution in [-0.4, -0.2) is 41.9 Å². The van der Waals surface area contributed by atoms with Crippen molar-refractivity contribution in [1.29, 1.82) is 0 Å². The van der Waals surface area contributed by atoms with E-state index in [0.717, 1.165) is 17.7 Å². The number of benzene rings is 2. The molecule has 0 atom stereocenters. The van der Waals surface area contributed by atoms with Crippen LogP contribution in [0.5, 0.6) is 0 Å². The van der Waals surface area contributed by atoms with Gasteiger partial charge in [0.05, 0.1) is 18.1 Å². The molecule has 0 fully saturated rings. The van der Waals surface area contributed by atoms with Gasteiger partial charge in [-0.05, 0) is 70.3 Å². The number of aromatic nitrogens is 1. The Morgan fingerprint density at radius 2 is 1.77 bits per heavy atom. The second-order valence-electron chi connectivity index (χ2n) is 8.43. The van der Waals surface area contributed by atoms with Crippen LogP contribution in [0, 0.1) is 0 Å². The molecule has 2 aromatic carbocycles. The highest BCUT2D eigenvalue weighted by Gasteiger charge is 2.23. The molecule has 31 heavy (non-hydrogen) atoms. The number of amides is 1. The number of anilines is 1. The Labute approximate surface area is 183 Å². The molecule has 7 heteroatoms. The zero-order valence-electron chi connectivity index (χ0n) is 18.6. The lowest BCUT2D eigenvalue weighted by atomic mass is 10.1. The predicted octanol–water partition coefficient (Wildman–Crippen LogP) is 5.18. The summed E-state index contributed by atoms with van der Waals surface area (Å²) in [4.78, 5) is 18.9. The van der Waals surface area contributed by atoms with E-state index in [4.69, 9.17) is 9.15 Å². The number of carbonyl (C=O) groups is 1. The second-order valence-corrected chi connectivity index (χ2v) is 8.43. The Kier molecular flexibility index (Phi) is 6.87. The molecule has 1 aromatic heterocycles. The van der Waals surface area contributed by atoms with Crippen LogP contribution >= 0.6 is 0 Å². The van der Waals surface area contributed by atoms with Crippen LogP contribution in [0.3, 0.4) is 0 Å². The Balaban J connectivity index is 1.84. The van der Waals surface area contributed by atoms with Gasteiger partial charge in [0.25, 0.3) is 0 Å². The molecule has 1 amide bonds. The normalized spacial score (nSPS) is 11.8. The van der Waals surface area contributed by atoms with Crippen LogP contribution in [0.4, 0.5) is 10.5 Å². The fraction of sp³-hybridized carbons (Fsp3) is 0.292. The zero-order valence-corrected chi connectivity index (χ0v) is 18.6. The first-order valence-electron chi connectivity index (χ1n) is 10.0. The third-order valence-corrected chi connectivity index (χ3v) is 4.20. The molecule has 7 nitrogen and oxygen atoms in total. The van der Waals surface area contributed by atoms with E-state index < -0.39 is 11.7 Å². The van der Waals surface area contributed by atoms with Crippen molar-refractivity contribution in [3.63, 3.8) is 0 Å². The van der Waals surface area contributed by atoms with Gasteiger partial charge in [-0.25, -0.2) is 9.78 Å². The van der Waals surface area contributed by atoms with Gasteiger partial charge in [0.1, 0.15) is 5.60 Å². The number of hydrogen-bond acceptors (Lipinski definition) is 6. The minimum absolute atomic E-state index is 0.555. The maximum absolute atomic E-state index is 12.8. The third-order valence-electron chi connectivity index (χ3n) is 4.20. The lowest BCUT2D eigenvalue weighted by Crippen LogP contribution is -2.33. The molecule has 162 valence electrons. The Morgan fingerprint density at radius 3 is 2.32 bits per heavy atom. The summed E-state index contributed by atoms with van der Waals surface area (Å²) in [5, 5.41) is 5.67. The van der Waals surface area contributed by atoms with E-state index in [1.165, 1.54) is 17.0 Å². The predicted molar refractivity (Wildman–Crippen MR) is 122 cm³/mol. The molecule has 0 spiro atoms. The van der Waals surface area contributed by atoms with Gasteiger partial charge in [-0.2, -0.15) is 10.1 Å². The topological polar surface area (TPSA) is 71.2 Å². The van der Waals surface area contributed by atoms with E-state index in [1.54, 1.807) is 24.5 Å². The second kappa shape index (κ2) is 9.57. The van der Waals surface area contributed by atoms with Crippen molar-refractivity contribution in [3.8, 4) is 11.3 Å². The summed E-state index contributed by atoms with van der Waals surface area (Å²) in [6.45, 7) is 6.33. The van der Waals surface area contributed by atoms with Gasteiger partial charge in [0, 0.05) is 12.1 Å². The minimum atomic E-state index is -0.640. The molecule has 3 rings (SSSR count). The lowest BCUT2D eigenvalue weighted by molar-refractivity contribution is 0.0581. The SMILES string of the molecule is CN(C)Cc1ccc(/C=N/N(C(=O)OC(C)(C)C)c2ccc(-c3cnco3)cc2)cc1. The van der Waals surface area contributed by atoms with Crippen LogP contribution in [0.1, 0.15) is 31.9 Å². The van der Waals surface area contributed by atoms with Crippen LogP contribution in [0.15, 0.2) is 70.6 Å². The van der Waals surface area contributed by atoms with Crippen LogP contribution in [0.2, 0.25) is 0 Å². The van der Waals surface area contributed by atoms with Gasteiger partial charge in [-0.15, -0.1) is 0 Å². The first-order valence-corrected chi connectivity index (χ1v) is 10.0. The summed E-state index contributed by atoms with van der Waals surface area (Å²) in [5.41, 5.74) is 2.88. The molecule has 0 bridgehead atoms. The molecule has 0 saturated carbocycles. The van der Waals surface area contributed by atoms with Crippen molar-refractivity contribution in [1.82, 2.24) is 9.88 Å². The molecule has 1 heterocycles. The van der Waals surface area contributed by atoms with Crippen molar-refractivity contribution in [2.75, 3.05) is 19.1 Å². The van der Waals surface area contributed by atoms with E-state index in [-0.39, 0.29) is 0 Å². The lowest BCUT2D eigenvalue weighted by Gasteiger charge is -2.24. The average molecular weight is 421 g/mol. The summed E-state index contributed by atoms with van der Waals surface area (Å²) >= 11 is 0. The summed E-state index contributed by atoms with van der Waals surface area (Å²) in [5.74, 6) is 0.650. The summed E-state index contributed by atoms with van der Waals surface area (Å²) < 4.78 is 10.9. The number of rotatable bonds is 6. The van der Waals surface area contributed by atoms with Gasteiger partial charge in [-0.3, -0.25) is 0 Å². The standard InChI is InChI=1S/C24H28N4O3/c1-24(2,3)31-23(29)28(21-12-10-20(11-13-21)22-15-25-17-30-22)26-14-18-6-8-19(9-7-18)16-27(4)5/h6-15,17H,16H2,1-5H3/b26-14+. The Bertz CT molecular complexity index is 1000. The van der Waals surface area contributed by atoms with Gasteiger partial charge in [0.2, 0.25) is 0 Å². The fourth-order valence-corrected chi connectivity index (χ4v) is 2.85. The summed E-state index contributed by atoms with van der Waals surface area (Å²) in [6.07, 6.45) is 4.11. The highest BCUT2D eigenvalue weighted by atomic mass is 16.6. The highest BCUT2D eigenvalue weighted by molar-refractivity contribution is 5.91. The van der Waals surface area contributed by atoms with Crippen molar-refractivity contribution in [2.45, 2.75) is 32.9 Å². The monoisotopic (exact) mass is 420 g/mol. The Hall–Kier alpha value is -3.45. The van der Waals surface area contributed by atoms with Gasteiger partial charge < -0.3 is 14.1 Å². The maximum atomic E-state index is 12.8. The van der Waals surface area contributed by atoms with Gasteiger partial charge >= 0.3 is 6.09 Å².